The molecule has 1 heterocycles. The van der Waals surface area contributed by atoms with Crippen molar-refractivity contribution in [3.8, 4) is 0 Å². The Balaban J connectivity index is 1.97. The maximum Gasteiger partial charge on any atom is 0.110 e. The van der Waals surface area contributed by atoms with Crippen LogP contribution >= 0.6 is 0 Å². The molecule has 0 aliphatic heterocycles. The summed E-state index contributed by atoms with van der Waals surface area (Å²) in [5.41, 5.74) is 0. The lowest BCUT2D eigenvalue weighted by Crippen LogP contribution is -2.35. The smallest absolute Gasteiger partial charge is 0.110 e. The van der Waals surface area contributed by atoms with E-state index in [9.17, 15) is 0 Å². The average Bonchev–Trinajstić information content (AvgIpc) is 3.04. The Morgan fingerprint density at radius 1 is 1.44 bits per heavy atom. The maximum absolute atomic E-state index is 4.51. The zero-order valence-electron chi connectivity index (χ0n) is 12.0. The fraction of sp³-hybridized carbons (Fsp3) is 0.800. The van der Waals surface area contributed by atoms with E-state index in [-0.39, 0.29) is 0 Å². The first-order chi connectivity index (χ1) is 8.78. The zero-order valence-corrected chi connectivity index (χ0v) is 12.0. The summed E-state index contributed by atoms with van der Waals surface area (Å²) >= 11 is 0. The van der Waals surface area contributed by atoms with Gasteiger partial charge in [-0.3, -0.25) is 0 Å². The van der Waals surface area contributed by atoms with Gasteiger partial charge >= 0.3 is 0 Å². The Morgan fingerprint density at radius 3 is 2.89 bits per heavy atom. The van der Waals surface area contributed by atoms with Gasteiger partial charge < -0.3 is 9.88 Å². The predicted molar refractivity (Wildman–Crippen MR) is 75.6 cm³/mol. The number of hydrogen-bond acceptors (Lipinski definition) is 2. The molecule has 0 spiro atoms. The molecule has 2 rings (SSSR count). The molecule has 1 saturated carbocycles. The van der Waals surface area contributed by atoms with Gasteiger partial charge in [0.1, 0.15) is 5.82 Å². The number of aromatic nitrogens is 2. The van der Waals surface area contributed by atoms with Crippen LogP contribution in [0, 0.1) is 11.8 Å². The van der Waals surface area contributed by atoms with Crippen molar-refractivity contribution in [1.82, 2.24) is 14.9 Å². The van der Waals surface area contributed by atoms with Crippen molar-refractivity contribution >= 4 is 0 Å². The van der Waals surface area contributed by atoms with Crippen LogP contribution < -0.4 is 5.32 Å². The first-order valence-electron chi connectivity index (χ1n) is 7.45. The first-order valence-corrected chi connectivity index (χ1v) is 7.45. The Hall–Kier alpha value is -0.830. The monoisotopic (exact) mass is 249 g/mol. The summed E-state index contributed by atoms with van der Waals surface area (Å²) in [6, 6.07) is 0.592. The van der Waals surface area contributed by atoms with Crippen LogP contribution in [0.3, 0.4) is 0 Å². The van der Waals surface area contributed by atoms with Crippen molar-refractivity contribution < 1.29 is 0 Å². The highest BCUT2D eigenvalue weighted by atomic mass is 15.1. The van der Waals surface area contributed by atoms with Crippen LogP contribution in [0.2, 0.25) is 0 Å². The highest BCUT2D eigenvalue weighted by Crippen LogP contribution is 2.35. The second kappa shape index (κ2) is 6.37. The van der Waals surface area contributed by atoms with E-state index in [1.165, 1.54) is 31.5 Å². The lowest BCUT2D eigenvalue weighted by Gasteiger charge is -2.23. The number of rotatable bonds is 6. The van der Waals surface area contributed by atoms with Gasteiger partial charge in [-0.15, -0.1) is 0 Å². The molecule has 1 aromatic heterocycles. The third-order valence-electron chi connectivity index (χ3n) is 4.64. The van der Waals surface area contributed by atoms with E-state index < -0.39 is 0 Å². The molecule has 1 aromatic rings. The summed E-state index contributed by atoms with van der Waals surface area (Å²) in [6.45, 7) is 5.53. The summed E-state index contributed by atoms with van der Waals surface area (Å²) in [4.78, 5) is 4.51. The molecule has 18 heavy (non-hydrogen) atoms. The fourth-order valence-electron chi connectivity index (χ4n) is 3.37. The van der Waals surface area contributed by atoms with Gasteiger partial charge in [0.25, 0.3) is 0 Å². The third kappa shape index (κ3) is 2.94. The number of nitrogens with zero attached hydrogens (tertiary/aromatic N) is 2. The van der Waals surface area contributed by atoms with Gasteiger partial charge in [-0.2, -0.15) is 0 Å². The summed E-state index contributed by atoms with van der Waals surface area (Å²) in [6.07, 6.45) is 10.6. The summed E-state index contributed by atoms with van der Waals surface area (Å²) in [5, 5.41) is 3.52. The van der Waals surface area contributed by atoms with E-state index in [0.717, 1.165) is 24.8 Å². The van der Waals surface area contributed by atoms with Crippen LogP contribution in [0.4, 0.5) is 0 Å². The SMILES string of the molecule is CCC1CCC(C(Cc2nccn2CC)NC)C1. The van der Waals surface area contributed by atoms with E-state index >= 15 is 0 Å². The molecule has 3 unspecified atom stereocenters. The molecule has 3 heteroatoms. The molecule has 1 N–H and O–H groups in total. The van der Waals surface area contributed by atoms with Gasteiger partial charge in [-0.05, 0) is 38.6 Å². The molecule has 102 valence electrons. The zero-order chi connectivity index (χ0) is 13.0. The molecule has 1 aliphatic rings. The van der Waals surface area contributed by atoms with Crippen molar-refractivity contribution in [2.24, 2.45) is 11.8 Å². The maximum atomic E-state index is 4.51. The van der Waals surface area contributed by atoms with Crippen LogP contribution in [0.15, 0.2) is 12.4 Å². The number of hydrogen-bond donors (Lipinski definition) is 1. The minimum Gasteiger partial charge on any atom is -0.335 e. The Bertz CT molecular complexity index is 358. The minimum absolute atomic E-state index is 0.592. The second-order valence-corrected chi connectivity index (χ2v) is 5.58. The van der Waals surface area contributed by atoms with Crippen molar-refractivity contribution in [3.63, 3.8) is 0 Å². The highest BCUT2D eigenvalue weighted by Gasteiger charge is 2.29. The highest BCUT2D eigenvalue weighted by molar-refractivity contribution is 4.98. The molecule has 3 atom stereocenters. The normalized spacial score (nSPS) is 25.5. The standard InChI is InChI=1S/C15H27N3/c1-4-12-6-7-13(10-12)14(16-3)11-15-17-8-9-18(15)5-2/h8-9,12-14,16H,4-7,10-11H2,1-3H3. The third-order valence-corrected chi connectivity index (χ3v) is 4.64. The van der Waals surface area contributed by atoms with Crippen molar-refractivity contribution in [2.75, 3.05) is 7.05 Å². The van der Waals surface area contributed by atoms with Crippen LogP contribution in [0.1, 0.15) is 45.4 Å². The van der Waals surface area contributed by atoms with E-state index in [0.29, 0.717) is 6.04 Å². The first kappa shape index (κ1) is 13.6. The quantitative estimate of drug-likeness (QED) is 0.840. The predicted octanol–water partition coefficient (Wildman–Crippen LogP) is 2.86. The van der Waals surface area contributed by atoms with Crippen LogP contribution in [-0.2, 0) is 13.0 Å². The van der Waals surface area contributed by atoms with Gasteiger partial charge in [-0.25, -0.2) is 4.98 Å². The number of aryl methyl sites for hydroxylation is 1. The Morgan fingerprint density at radius 2 is 2.28 bits per heavy atom. The summed E-state index contributed by atoms with van der Waals surface area (Å²) in [7, 11) is 2.10. The van der Waals surface area contributed by atoms with Gasteiger partial charge in [0.05, 0.1) is 0 Å². The van der Waals surface area contributed by atoms with Gasteiger partial charge in [0, 0.05) is 31.4 Å². The Kier molecular flexibility index (Phi) is 4.81. The van der Waals surface area contributed by atoms with Crippen LogP contribution in [0.25, 0.3) is 0 Å². The van der Waals surface area contributed by atoms with Crippen molar-refractivity contribution in [2.45, 2.75) is 58.5 Å². The lowest BCUT2D eigenvalue weighted by molar-refractivity contribution is 0.354. The van der Waals surface area contributed by atoms with E-state index in [1.54, 1.807) is 0 Å². The van der Waals surface area contributed by atoms with Crippen molar-refractivity contribution in [3.05, 3.63) is 18.2 Å². The molecule has 0 bridgehead atoms. The number of likely N-dealkylation sites (N-methyl/N-ethyl adjacent to an activating group) is 1. The molecular weight excluding hydrogens is 222 g/mol. The summed E-state index contributed by atoms with van der Waals surface area (Å²) in [5.74, 6) is 3.02. The molecule has 3 nitrogen and oxygen atoms in total. The van der Waals surface area contributed by atoms with E-state index in [4.69, 9.17) is 0 Å². The van der Waals surface area contributed by atoms with Crippen molar-refractivity contribution in [1.29, 1.82) is 0 Å². The van der Waals surface area contributed by atoms with Gasteiger partial charge in [0.2, 0.25) is 0 Å². The molecule has 0 amide bonds. The molecule has 1 aliphatic carbocycles. The molecule has 0 saturated heterocycles. The number of nitrogens with one attached hydrogen (secondary N) is 1. The molecule has 1 fully saturated rings. The van der Waals surface area contributed by atoms with Gasteiger partial charge in [0.15, 0.2) is 0 Å². The Labute approximate surface area is 111 Å². The minimum atomic E-state index is 0.592. The lowest BCUT2D eigenvalue weighted by atomic mass is 9.93. The van der Waals surface area contributed by atoms with E-state index in [1.807, 2.05) is 6.20 Å². The topological polar surface area (TPSA) is 29.9 Å². The average molecular weight is 249 g/mol. The second-order valence-electron chi connectivity index (χ2n) is 5.58. The largest absolute Gasteiger partial charge is 0.335 e. The summed E-state index contributed by atoms with van der Waals surface area (Å²) < 4.78 is 2.26. The molecular formula is C15H27N3. The van der Waals surface area contributed by atoms with Crippen LogP contribution in [-0.4, -0.2) is 22.6 Å². The molecule has 0 radical (unpaired) electrons. The van der Waals surface area contributed by atoms with Crippen LogP contribution in [0.5, 0.6) is 0 Å². The fourth-order valence-corrected chi connectivity index (χ4v) is 3.37. The van der Waals surface area contributed by atoms with Gasteiger partial charge in [-0.1, -0.05) is 19.8 Å². The van der Waals surface area contributed by atoms with E-state index in [2.05, 4.69) is 42.0 Å². The number of imidazole rings is 1. The molecule has 0 aromatic carbocycles.